The van der Waals surface area contributed by atoms with Gasteiger partial charge in [-0.25, -0.2) is 9.97 Å². The predicted octanol–water partition coefficient (Wildman–Crippen LogP) is 2.31. The molecular weight excluding hydrogens is 216 g/mol. The zero-order valence-electron chi connectivity index (χ0n) is 7.61. The van der Waals surface area contributed by atoms with Crippen molar-refractivity contribution >= 4 is 43.4 Å². The van der Waals surface area contributed by atoms with Gasteiger partial charge >= 0.3 is 0 Å². The molecule has 0 aromatic carbocycles. The number of thiazole rings is 2. The monoisotopic (exact) mass is 222 g/mol. The van der Waals surface area contributed by atoms with Gasteiger partial charge in [0, 0.05) is 0 Å². The summed E-state index contributed by atoms with van der Waals surface area (Å²) in [7, 11) is 0. The lowest BCUT2D eigenvalue weighted by atomic mass is 10.5. The molecule has 0 radical (unpaired) electrons. The fraction of sp³-hybridized carbons (Fsp3) is 0.250. The molecule has 0 fully saturated rings. The highest BCUT2D eigenvalue weighted by atomic mass is 32.1. The Bertz CT molecular complexity index is 569. The summed E-state index contributed by atoms with van der Waals surface area (Å²) in [4.78, 5) is 8.59. The van der Waals surface area contributed by atoms with Crippen LogP contribution in [-0.4, -0.2) is 20.2 Å². The van der Waals surface area contributed by atoms with Crippen molar-refractivity contribution in [2.75, 3.05) is 0 Å². The second-order valence-corrected chi connectivity index (χ2v) is 5.38. The molecule has 0 unspecified atom stereocenters. The van der Waals surface area contributed by atoms with E-state index < -0.39 is 0 Å². The lowest BCUT2D eigenvalue weighted by Gasteiger charge is -1.85. The van der Waals surface area contributed by atoms with Crippen molar-refractivity contribution < 1.29 is 0 Å². The first-order valence-corrected chi connectivity index (χ1v) is 5.74. The highest BCUT2D eigenvalue weighted by Crippen LogP contribution is 2.30. The first-order valence-electron chi connectivity index (χ1n) is 4.11. The topological polar surface area (TPSA) is 51.6 Å². The van der Waals surface area contributed by atoms with Gasteiger partial charge in [-0.2, -0.15) is 0 Å². The maximum absolute atomic E-state index is 4.30. The van der Waals surface area contributed by atoms with Gasteiger partial charge in [0.25, 0.3) is 0 Å². The highest BCUT2D eigenvalue weighted by Gasteiger charge is 2.11. The van der Waals surface area contributed by atoms with E-state index in [9.17, 15) is 0 Å². The third-order valence-corrected chi connectivity index (χ3v) is 3.96. The van der Waals surface area contributed by atoms with Gasteiger partial charge in [0.05, 0.1) is 19.4 Å². The molecule has 0 amide bonds. The molecule has 4 nitrogen and oxygen atoms in total. The molecule has 3 aromatic rings. The van der Waals surface area contributed by atoms with Crippen LogP contribution in [0.2, 0.25) is 0 Å². The summed E-state index contributed by atoms with van der Waals surface area (Å²) >= 11 is 3.30. The van der Waals surface area contributed by atoms with Crippen LogP contribution in [0.1, 0.15) is 10.0 Å². The Balaban J connectivity index is 2.58. The van der Waals surface area contributed by atoms with Gasteiger partial charge in [-0.15, -0.1) is 32.9 Å². The normalized spacial score (nSPS) is 11.6. The Hall–Kier alpha value is -1.14. The van der Waals surface area contributed by atoms with E-state index in [1.54, 1.807) is 22.7 Å². The Morgan fingerprint density at radius 2 is 1.21 bits per heavy atom. The molecule has 0 N–H and O–H groups in total. The Labute approximate surface area is 87.7 Å². The lowest BCUT2D eigenvalue weighted by Crippen LogP contribution is -1.83. The van der Waals surface area contributed by atoms with Gasteiger partial charge in [0.1, 0.15) is 0 Å². The van der Waals surface area contributed by atoms with Crippen LogP contribution in [0.15, 0.2) is 0 Å². The molecule has 3 heterocycles. The molecule has 0 bridgehead atoms. The molecule has 3 rings (SSSR count). The number of fused-ring (bicyclic) bond motifs is 3. The zero-order chi connectivity index (χ0) is 9.71. The second-order valence-electron chi connectivity index (χ2n) is 2.97. The first kappa shape index (κ1) is 8.19. The predicted molar refractivity (Wildman–Crippen MR) is 57.9 cm³/mol. The van der Waals surface area contributed by atoms with E-state index in [-0.39, 0.29) is 0 Å². The molecule has 0 atom stereocenters. The van der Waals surface area contributed by atoms with Gasteiger partial charge in [-0.3, -0.25) is 0 Å². The molecule has 0 aliphatic rings. The van der Waals surface area contributed by atoms with Crippen molar-refractivity contribution in [1.29, 1.82) is 0 Å². The van der Waals surface area contributed by atoms with Crippen molar-refractivity contribution in [1.82, 2.24) is 20.2 Å². The molecule has 70 valence electrons. The van der Waals surface area contributed by atoms with Crippen molar-refractivity contribution in [2.24, 2.45) is 0 Å². The molecule has 0 saturated carbocycles. The minimum atomic E-state index is 0.739. The highest BCUT2D eigenvalue weighted by molar-refractivity contribution is 7.26. The van der Waals surface area contributed by atoms with Crippen molar-refractivity contribution in [3.63, 3.8) is 0 Å². The van der Waals surface area contributed by atoms with E-state index in [2.05, 4.69) is 20.2 Å². The van der Waals surface area contributed by atoms with Crippen LogP contribution in [0.5, 0.6) is 0 Å². The van der Waals surface area contributed by atoms with Gasteiger partial charge < -0.3 is 0 Å². The summed E-state index contributed by atoms with van der Waals surface area (Å²) in [5.41, 5.74) is 1.48. The smallest absolute Gasteiger partial charge is 0.194 e. The number of nitrogens with zero attached hydrogens (tertiary/aromatic N) is 4. The summed E-state index contributed by atoms with van der Waals surface area (Å²) in [6.07, 6.45) is 0. The maximum atomic E-state index is 4.30. The summed E-state index contributed by atoms with van der Waals surface area (Å²) in [5.74, 6) is 0. The van der Waals surface area contributed by atoms with Crippen LogP contribution >= 0.6 is 22.7 Å². The molecule has 0 spiro atoms. The maximum Gasteiger partial charge on any atom is 0.194 e. The van der Waals surface area contributed by atoms with Gasteiger partial charge in [0.2, 0.25) is 0 Å². The van der Waals surface area contributed by atoms with Crippen LogP contribution in [0.3, 0.4) is 0 Å². The number of hydrogen-bond acceptors (Lipinski definition) is 6. The number of aromatic nitrogens is 4. The van der Waals surface area contributed by atoms with E-state index in [1.807, 2.05) is 13.8 Å². The van der Waals surface area contributed by atoms with E-state index in [0.717, 1.165) is 30.7 Å². The summed E-state index contributed by atoms with van der Waals surface area (Å²) in [6, 6.07) is 0. The molecule has 6 heteroatoms. The van der Waals surface area contributed by atoms with E-state index in [0.29, 0.717) is 0 Å². The lowest BCUT2D eigenvalue weighted by molar-refractivity contribution is 1.07. The molecule has 0 aliphatic heterocycles. The fourth-order valence-electron chi connectivity index (χ4n) is 1.36. The van der Waals surface area contributed by atoms with E-state index in [1.165, 1.54) is 0 Å². The quantitative estimate of drug-likeness (QED) is 0.585. The minimum absolute atomic E-state index is 0.739. The second kappa shape index (κ2) is 2.68. The average molecular weight is 222 g/mol. The van der Waals surface area contributed by atoms with E-state index in [4.69, 9.17) is 0 Å². The molecule has 0 saturated heterocycles. The Morgan fingerprint density at radius 1 is 0.786 bits per heavy atom. The van der Waals surface area contributed by atoms with Crippen molar-refractivity contribution in [2.45, 2.75) is 13.8 Å². The summed E-state index contributed by atoms with van der Waals surface area (Å²) < 4.78 is 2.22. The first-order chi connectivity index (χ1) is 6.74. The Morgan fingerprint density at radius 3 is 1.64 bits per heavy atom. The van der Waals surface area contributed by atoms with Crippen LogP contribution in [0.4, 0.5) is 0 Å². The van der Waals surface area contributed by atoms with Gasteiger partial charge in [0.15, 0.2) is 11.3 Å². The standard InChI is InChI=1S/C8H6N4S2/c1-3-9-7-5(13-3)6-8(12-11-7)10-4(2)14-6/h1-2H3. The molecule has 3 aromatic heterocycles. The number of rotatable bonds is 0. The third-order valence-electron chi connectivity index (χ3n) is 1.88. The molecular formula is C8H6N4S2. The largest absolute Gasteiger partial charge is 0.220 e. The van der Waals surface area contributed by atoms with Gasteiger partial charge in [-0.1, -0.05) is 0 Å². The number of aryl methyl sites for hydroxylation is 2. The SMILES string of the molecule is Cc1nc2nnc3nc(C)sc3c2s1. The van der Waals surface area contributed by atoms with Crippen molar-refractivity contribution in [3.05, 3.63) is 10.0 Å². The number of hydrogen-bond donors (Lipinski definition) is 0. The van der Waals surface area contributed by atoms with Crippen LogP contribution < -0.4 is 0 Å². The average Bonchev–Trinajstić information content (AvgIpc) is 2.65. The Kier molecular flexibility index (Phi) is 1.57. The summed E-state index contributed by atoms with van der Waals surface area (Å²) in [5, 5.41) is 10.1. The molecule has 14 heavy (non-hydrogen) atoms. The minimum Gasteiger partial charge on any atom is -0.220 e. The zero-order valence-corrected chi connectivity index (χ0v) is 9.24. The van der Waals surface area contributed by atoms with Crippen LogP contribution in [0.25, 0.3) is 20.7 Å². The van der Waals surface area contributed by atoms with Crippen LogP contribution in [-0.2, 0) is 0 Å². The molecule has 0 aliphatic carbocycles. The van der Waals surface area contributed by atoms with Gasteiger partial charge in [-0.05, 0) is 13.8 Å². The third kappa shape index (κ3) is 1.04. The van der Waals surface area contributed by atoms with Crippen molar-refractivity contribution in [3.8, 4) is 0 Å². The summed E-state index contributed by atoms with van der Waals surface area (Å²) in [6.45, 7) is 3.96. The van der Waals surface area contributed by atoms with Crippen LogP contribution in [0, 0.1) is 13.8 Å². The van der Waals surface area contributed by atoms with E-state index >= 15 is 0 Å². The fourth-order valence-corrected chi connectivity index (χ4v) is 3.19.